The van der Waals surface area contributed by atoms with Crippen molar-refractivity contribution in [2.75, 3.05) is 0 Å². The van der Waals surface area contributed by atoms with Crippen molar-refractivity contribution in [1.82, 2.24) is 0 Å². The molecule has 0 fully saturated rings. The van der Waals surface area contributed by atoms with Crippen LogP contribution < -0.4 is 10.5 Å². The fraction of sp³-hybridized carbons (Fsp3) is 0.500. The minimum atomic E-state index is -4.73. The lowest BCUT2D eigenvalue weighted by atomic mass is 9.84. The molecule has 1 aromatic carbocycles. The monoisotopic (exact) mass is 289 g/mol. The van der Waals surface area contributed by atoms with Gasteiger partial charge in [0.1, 0.15) is 5.75 Å². The number of carbonyl (C=O) groups is 1. The first-order chi connectivity index (χ1) is 9.24. The third-order valence-corrected chi connectivity index (χ3v) is 3.19. The van der Waals surface area contributed by atoms with Crippen LogP contribution in [0.1, 0.15) is 38.2 Å². The number of amides is 1. The molecule has 1 unspecified atom stereocenters. The summed E-state index contributed by atoms with van der Waals surface area (Å²) in [4.78, 5) is 11.4. The van der Waals surface area contributed by atoms with E-state index < -0.39 is 18.2 Å². The highest BCUT2D eigenvalue weighted by molar-refractivity contribution is 5.77. The zero-order valence-electron chi connectivity index (χ0n) is 11.4. The molecule has 112 valence electrons. The molecule has 2 atom stereocenters. The van der Waals surface area contributed by atoms with Crippen LogP contribution in [-0.4, -0.2) is 12.3 Å². The van der Waals surface area contributed by atoms with E-state index in [-0.39, 0.29) is 11.7 Å². The van der Waals surface area contributed by atoms with Crippen LogP contribution in [0, 0.1) is 5.92 Å². The summed E-state index contributed by atoms with van der Waals surface area (Å²) in [6.07, 6.45) is -3.36. The largest absolute Gasteiger partial charge is 0.573 e. The minimum Gasteiger partial charge on any atom is -0.406 e. The maximum Gasteiger partial charge on any atom is 0.573 e. The van der Waals surface area contributed by atoms with Gasteiger partial charge in [0.2, 0.25) is 5.91 Å². The van der Waals surface area contributed by atoms with Crippen molar-refractivity contribution in [2.45, 2.75) is 39.0 Å². The van der Waals surface area contributed by atoms with Crippen LogP contribution in [0.3, 0.4) is 0 Å². The molecule has 20 heavy (non-hydrogen) atoms. The standard InChI is InChI=1S/C14H18F3NO2/c1-3-5-12(13(18)19)9(2)10-6-4-7-11(8-10)20-14(15,16)17/h4,6-9,12H,3,5H2,1-2H3,(H2,18,19)/t9-,12?/m1/s1. The van der Waals surface area contributed by atoms with E-state index in [1.54, 1.807) is 13.0 Å². The lowest BCUT2D eigenvalue weighted by molar-refractivity contribution is -0.274. The number of nitrogens with two attached hydrogens (primary N) is 1. The van der Waals surface area contributed by atoms with Gasteiger partial charge in [0.05, 0.1) is 0 Å². The van der Waals surface area contributed by atoms with E-state index in [1.165, 1.54) is 18.2 Å². The van der Waals surface area contributed by atoms with Gasteiger partial charge < -0.3 is 10.5 Å². The summed E-state index contributed by atoms with van der Waals surface area (Å²) >= 11 is 0. The summed E-state index contributed by atoms with van der Waals surface area (Å²) in [5.41, 5.74) is 5.95. The molecule has 0 saturated heterocycles. The molecule has 0 aliphatic carbocycles. The van der Waals surface area contributed by atoms with Crippen LogP contribution in [0.2, 0.25) is 0 Å². The van der Waals surface area contributed by atoms with E-state index >= 15 is 0 Å². The highest BCUT2D eigenvalue weighted by Crippen LogP contribution is 2.31. The number of carbonyl (C=O) groups excluding carboxylic acids is 1. The van der Waals surface area contributed by atoms with Gasteiger partial charge in [-0.25, -0.2) is 0 Å². The van der Waals surface area contributed by atoms with E-state index in [0.717, 1.165) is 6.42 Å². The quantitative estimate of drug-likeness (QED) is 0.870. The summed E-state index contributed by atoms with van der Waals surface area (Å²) in [5.74, 6) is -1.39. The van der Waals surface area contributed by atoms with Gasteiger partial charge in [-0.15, -0.1) is 13.2 Å². The van der Waals surface area contributed by atoms with Crippen LogP contribution in [0.4, 0.5) is 13.2 Å². The number of ether oxygens (including phenoxy) is 1. The Balaban J connectivity index is 2.95. The van der Waals surface area contributed by atoms with Gasteiger partial charge in [0.25, 0.3) is 0 Å². The van der Waals surface area contributed by atoms with Crippen molar-refractivity contribution in [3.63, 3.8) is 0 Å². The van der Waals surface area contributed by atoms with Crippen molar-refractivity contribution in [3.8, 4) is 5.75 Å². The molecule has 0 aliphatic heterocycles. The maximum absolute atomic E-state index is 12.2. The summed E-state index contributed by atoms with van der Waals surface area (Å²) < 4.78 is 40.4. The molecule has 0 aromatic heterocycles. The highest BCUT2D eigenvalue weighted by Gasteiger charge is 2.31. The van der Waals surface area contributed by atoms with E-state index in [2.05, 4.69) is 4.74 Å². The first-order valence-corrected chi connectivity index (χ1v) is 6.39. The van der Waals surface area contributed by atoms with Crippen molar-refractivity contribution >= 4 is 5.91 Å². The Kier molecular flexibility index (Phi) is 5.42. The minimum absolute atomic E-state index is 0.260. The summed E-state index contributed by atoms with van der Waals surface area (Å²) in [6.45, 7) is 3.70. The van der Waals surface area contributed by atoms with Gasteiger partial charge >= 0.3 is 6.36 Å². The second-order valence-corrected chi connectivity index (χ2v) is 4.71. The molecule has 1 aromatic rings. The number of alkyl halides is 3. The molecule has 2 N–H and O–H groups in total. The van der Waals surface area contributed by atoms with Crippen LogP contribution in [0.25, 0.3) is 0 Å². The summed E-state index contributed by atoms with van der Waals surface area (Å²) in [5, 5.41) is 0. The van der Waals surface area contributed by atoms with Crippen LogP contribution >= 0.6 is 0 Å². The van der Waals surface area contributed by atoms with E-state index in [9.17, 15) is 18.0 Å². The number of primary amides is 1. The number of halogens is 3. The van der Waals surface area contributed by atoms with Gasteiger partial charge in [-0.05, 0) is 30.0 Å². The molecular formula is C14H18F3NO2. The Morgan fingerprint density at radius 2 is 2.05 bits per heavy atom. The molecule has 0 bridgehead atoms. The molecule has 0 radical (unpaired) electrons. The molecule has 3 nitrogen and oxygen atoms in total. The number of rotatable bonds is 6. The number of hydrogen-bond acceptors (Lipinski definition) is 2. The third-order valence-electron chi connectivity index (χ3n) is 3.19. The van der Waals surface area contributed by atoms with Crippen molar-refractivity contribution in [2.24, 2.45) is 11.7 Å². The molecule has 0 aliphatic rings. The molecular weight excluding hydrogens is 271 g/mol. The van der Waals surface area contributed by atoms with Crippen LogP contribution in [0.15, 0.2) is 24.3 Å². The lowest BCUT2D eigenvalue weighted by Crippen LogP contribution is -2.27. The maximum atomic E-state index is 12.2. The second-order valence-electron chi connectivity index (χ2n) is 4.71. The average Bonchev–Trinajstić information content (AvgIpc) is 2.33. The Hall–Kier alpha value is -1.72. The second kappa shape index (κ2) is 6.63. The Morgan fingerprint density at radius 1 is 1.40 bits per heavy atom. The van der Waals surface area contributed by atoms with E-state index in [1.807, 2.05) is 6.92 Å². The predicted octanol–water partition coefficient (Wildman–Crippen LogP) is 3.59. The SMILES string of the molecule is CCCC(C(N)=O)[C@H](C)c1cccc(OC(F)(F)F)c1. The zero-order valence-corrected chi connectivity index (χ0v) is 11.4. The predicted molar refractivity (Wildman–Crippen MR) is 69.1 cm³/mol. The van der Waals surface area contributed by atoms with Crippen molar-refractivity contribution < 1.29 is 22.7 Å². The first kappa shape index (κ1) is 16.3. The van der Waals surface area contributed by atoms with Gasteiger partial charge in [-0.2, -0.15) is 0 Å². The highest BCUT2D eigenvalue weighted by atomic mass is 19.4. The van der Waals surface area contributed by atoms with Crippen LogP contribution in [-0.2, 0) is 4.79 Å². The van der Waals surface area contributed by atoms with Crippen molar-refractivity contribution in [3.05, 3.63) is 29.8 Å². The Labute approximate surface area is 115 Å². The summed E-state index contributed by atoms with van der Waals surface area (Å²) in [6, 6.07) is 5.66. The molecule has 1 rings (SSSR count). The number of hydrogen-bond donors (Lipinski definition) is 1. The van der Waals surface area contributed by atoms with Gasteiger partial charge in [-0.1, -0.05) is 32.4 Å². The smallest absolute Gasteiger partial charge is 0.406 e. The molecule has 6 heteroatoms. The van der Waals surface area contributed by atoms with Gasteiger partial charge in [0, 0.05) is 5.92 Å². The summed E-state index contributed by atoms with van der Waals surface area (Å²) in [7, 11) is 0. The van der Waals surface area contributed by atoms with Gasteiger partial charge in [0.15, 0.2) is 0 Å². The fourth-order valence-electron chi connectivity index (χ4n) is 2.18. The molecule has 0 spiro atoms. The first-order valence-electron chi connectivity index (χ1n) is 6.39. The van der Waals surface area contributed by atoms with E-state index in [4.69, 9.17) is 5.73 Å². The lowest BCUT2D eigenvalue weighted by Gasteiger charge is -2.21. The van der Waals surface area contributed by atoms with E-state index in [0.29, 0.717) is 12.0 Å². The topological polar surface area (TPSA) is 52.3 Å². The Morgan fingerprint density at radius 3 is 2.55 bits per heavy atom. The van der Waals surface area contributed by atoms with Crippen molar-refractivity contribution in [1.29, 1.82) is 0 Å². The number of benzene rings is 1. The molecule has 0 heterocycles. The third kappa shape index (κ3) is 4.75. The van der Waals surface area contributed by atoms with Gasteiger partial charge in [-0.3, -0.25) is 4.79 Å². The van der Waals surface area contributed by atoms with Crippen LogP contribution in [0.5, 0.6) is 5.75 Å². The Bertz CT molecular complexity index is 460. The molecule has 0 saturated carbocycles. The zero-order chi connectivity index (χ0) is 15.3. The average molecular weight is 289 g/mol. The fourth-order valence-corrected chi connectivity index (χ4v) is 2.18. The molecule has 1 amide bonds. The normalized spacial score (nSPS) is 14.7.